The zero-order chi connectivity index (χ0) is 16.9. The molecule has 0 aromatic heterocycles. The van der Waals surface area contributed by atoms with Gasteiger partial charge in [0.15, 0.2) is 0 Å². The van der Waals surface area contributed by atoms with Crippen LogP contribution in [0.15, 0.2) is 48.5 Å². The third kappa shape index (κ3) is 5.04. The summed E-state index contributed by atoms with van der Waals surface area (Å²) in [5, 5.41) is 0. The molecule has 23 heavy (non-hydrogen) atoms. The maximum atomic E-state index is 12.9. The fraction of sp³-hybridized carbons (Fsp3) is 0.294. The Balaban J connectivity index is 2.10. The maximum Gasteiger partial charge on any atom is 0.216 e. The van der Waals surface area contributed by atoms with Crippen molar-refractivity contribution in [2.24, 2.45) is 0 Å². The lowest BCUT2D eigenvalue weighted by Gasteiger charge is -2.18. The smallest absolute Gasteiger partial charge is 0.216 e. The molecule has 0 spiro atoms. The van der Waals surface area contributed by atoms with Gasteiger partial charge in [-0.2, -0.15) is 0 Å². The van der Waals surface area contributed by atoms with Crippen LogP contribution < -0.4 is 9.46 Å². The van der Waals surface area contributed by atoms with Crippen LogP contribution in [0.1, 0.15) is 30.5 Å². The summed E-state index contributed by atoms with van der Waals surface area (Å²) in [4.78, 5) is 0. The number of nitrogens with one attached hydrogen (secondary N) is 1. The van der Waals surface area contributed by atoms with Gasteiger partial charge in [-0.15, -0.1) is 0 Å². The lowest BCUT2D eigenvalue weighted by molar-refractivity contribution is 0.414. The number of hydrogen-bond acceptors (Lipinski definition) is 3. The van der Waals surface area contributed by atoms with Gasteiger partial charge in [-0.3, -0.25) is 0 Å². The number of ether oxygens (including phenoxy) is 1. The van der Waals surface area contributed by atoms with E-state index in [4.69, 9.17) is 4.74 Å². The Labute approximate surface area is 136 Å². The van der Waals surface area contributed by atoms with Gasteiger partial charge in [-0.25, -0.2) is 17.5 Å². The maximum absolute atomic E-state index is 12.9. The monoisotopic (exact) mass is 337 g/mol. The Bertz CT molecular complexity index is 727. The molecule has 124 valence electrons. The number of methoxy groups -OCH3 is 1. The average molecular weight is 337 g/mol. The molecule has 0 aliphatic rings. The Kier molecular flexibility index (Phi) is 5.74. The van der Waals surface area contributed by atoms with Crippen molar-refractivity contribution in [2.75, 3.05) is 7.11 Å². The van der Waals surface area contributed by atoms with Gasteiger partial charge in [0.25, 0.3) is 0 Å². The second kappa shape index (κ2) is 7.57. The summed E-state index contributed by atoms with van der Waals surface area (Å²) in [7, 11) is -1.95. The molecule has 4 nitrogen and oxygen atoms in total. The highest BCUT2D eigenvalue weighted by Crippen LogP contribution is 2.21. The summed E-state index contributed by atoms with van der Waals surface area (Å²) in [5.41, 5.74) is 1.42. The first-order valence-corrected chi connectivity index (χ1v) is 8.97. The molecule has 0 saturated carbocycles. The molecule has 0 fully saturated rings. The van der Waals surface area contributed by atoms with Gasteiger partial charge in [0.2, 0.25) is 10.0 Å². The van der Waals surface area contributed by atoms with E-state index < -0.39 is 10.0 Å². The first-order chi connectivity index (χ1) is 10.9. The number of benzene rings is 2. The highest BCUT2D eigenvalue weighted by molar-refractivity contribution is 7.88. The summed E-state index contributed by atoms with van der Waals surface area (Å²) in [5.74, 6) is 0.154. The topological polar surface area (TPSA) is 55.4 Å². The molecule has 0 heterocycles. The molecule has 2 aromatic rings. The van der Waals surface area contributed by atoms with Crippen LogP contribution in [0.2, 0.25) is 0 Å². The van der Waals surface area contributed by atoms with E-state index in [1.54, 1.807) is 19.2 Å². The van der Waals surface area contributed by atoms with E-state index in [0.717, 1.165) is 11.3 Å². The van der Waals surface area contributed by atoms with Gasteiger partial charge in [0, 0.05) is 6.04 Å². The summed E-state index contributed by atoms with van der Waals surface area (Å²) >= 11 is 0. The van der Waals surface area contributed by atoms with E-state index in [0.29, 0.717) is 12.0 Å². The first kappa shape index (κ1) is 17.4. The molecule has 1 atom stereocenters. The van der Waals surface area contributed by atoms with E-state index in [9.17, 15) is 12.8 Å². The number of sulfonamides is 1. The van der Waals surface area contributed by atoms with Gasteiger partial charge in [-0.1, -0.05) is 31.2 Å². The van der Waals surface area contributed by atoms with Crippen LogP contribution in [0.3, 0.4) is 0 Å². The van der Waals surface area contributed by atoms with Gasteiger partial charge in [0.1, 0.15) is 11.6 Å². The van der Waals surface area contributed by atoms with Crippen molar-refractivity contribution in [3.63, 3.8) is 0 Å². The summed E-state index contributed by atoms with van der Waals surface area (Å²) in [6.07, 6.45) is 0.620. The van der Waals surface area contributed by atoms with E-state index in [1.165, 1.54) is 24.3 Å². The van der Waals surface area contributed by atoms with Crippen LogP contribution >= 0.6 is 0 Å². The average Bonchev–Trinajstić information content (AvgIpc) is 2.55. The zero-order valence-electron chi connectivity index (χ0n) is 13.1. The van der Waals surface area contributed by atoms with Crippen molar-refractivity contribution >= 4 is 10.0 Å². The summed E-state index contributed by atoms with van der Waals surface area (Å²) in [6, 6.07) is 12.4. The van der Waals surface area contributed by atoms with Crippen molar-refractivity contribution in [3.05, 3.63) is 65.5 Å². The molecule has 0 unspecified atom stereocenters. The van der Waals surface area contributed by atoms with E-state index >= 15 is 0 Å². The Morgan fingerprint density at radius 2 is 1.70 bits per heavy atom. The van der Waals surface area contributed by atoms with Crippen LogP contribution in [-0.2, 0) is 15.8 Å². The van der Waals surface area contributed by atoms with Crippen LogP contribution in [-0.4, -0.2) is 15.5 Å². The minimum atomic E-state index is -3.53. The van der Waals surface area contributed by atoms with Crippen LogP contribution in [0.4, 0.5) is 4.39 Å². The molecular weight excluding hydrogens is 317 g/mol. The Morgan fingerprint density at radius 1 is 1.09 bits per heavy atom. The molecule has 0 aliphatic carbocycles. The highest BCUT2D eigenvalue weighted by Gasteiger charge is 2.18. The predicted octanol–water partition coefficient (Wildman–Crippen LogP) is 3.41. The van der Waals surface area contributed by atoms with Crippen LogP contribution in [0.25, 0.3) is 0 Å². The SMILES string of the molecule is CC[C@H](NS(=O)(=O)Cc1ccc(F)cc1)c1ccc(OC)cc1. The minimum Gasteiger partial charge on any atom is -0.497 e. The second-order valence-corrected chi connectivity index (χ2v) is 6.99. The van der Waals surface area contributed by atoms with Crippen LogP contribution in [0, 0.1) is 5.82 Å². The van der Waals surface area contributed by atoms with E-state index in [2.05, 4.69) is 4.72 Å². The summed E-state index contributed by atoms with van der Waals surface area (Å²) < 4.78 is 45.3. The fourth-order valence-electron chi connectivity index (χ4n) is 2.28. The van der Waals surface area contributed by atoms with Gasteiger partial charge >= 0.3 is 0 Å². The first-order valence-electron chi connectivity index (χ1n) is 7.32. The van der Waals surface area contributed by atoms with Crippen molar-refractivity contribution in [1.29, 1.82) is 0 Å². The molecule has 0 amide bonds. The van der Waals surface area contributed by atoms with E-state index in [1.807, 2.05) is 19.1 Å². The molecule has 2 rings (SSSR count). The normalized spacial score (nSPS) is 12.8. The quantitative estimate of drug-likeness (QED) is 0.842. The van der Waals surface area contributed by atoms with Gasteiger partial charge in [-0.05, 0) is 41.8 Å². The predicted molar refractivity (Wildman–Crippen MR) is 88.2 cm³/mol. The molecule has 6 heteroatoms. The number of rotatable bonds is 7. The third-order valence-corrected chi connectivity index (χ3v) is 4.88. The van der Waals surface area contributed by atoms with Crippen LogP contribution in [0.5, 0.6) is 5.75 Å². The third-order valence-electron chi connectivity index (χ3n) is 3.52. The molecule has 0 saturated heterocycles. The number of halogens is 1. The van der Waals surface area contributed by atoms with E-state index in [-0.39, 0.29) is 17.6 Å². The number of hydrogen-bond donors (Lipinski definition) is 1. The molecule has 2 aromatic carbocycles. The second-order valence-electron chi connectivity index (χ2n) is 5.24. The Morgan fingerprint density at radius 3 is 2.22 bits per heavy atom. The summed E-state index contributed by atoms with van der Waals surface area (Å²) in [6.45, 7) is 1.91. The van der Waals surface area contributed by atoms with Gasteiger partial charge in [0.05, 0.1) is 12.9 Å². The molecular formula is C17H20FNO3S. The zero-order valence-corrected chi connectivity index (χ0v) is 13.9. The molecule has 1 N–H and O–H groups in total. The lowest BCUT2D eigenvalue weighted by Crippen LogP contribution is -2.29. The molecule has 0 radical (unpaired) electrons. The minimum absolute atomic E-state index is 0.181. The Hall–Kier alpha value is -1.92. The van der Waals surface area contributed by atoms with Crippen molar-refractivity contribution < 1.29 is 17.5 Å². The largest absolute Gasteiger partial charge is 0.497 e. The van der Waals surface area contributed by atoms with Crippen molar-refractivity contribution in [3.8, 4) is 5.75 Å². The molecule has 0 bridgehead atoms. The standard InChI is InChI=1S/C17H20FNO3S/c1-3-17(14-6-10-16(22-2)11-7-14)19-23(20,21)12-13-4-8-15(18)9-5-13/h4-11,17,19H,3,12H2,1-2H3/t17-/m0/s1. The van der Waals surface area contributed by atoms with Crippen molar-refractivity contribution in [2.45, 2.75) is 25.1 Å². The van der Waals surface area contributed by atoms with Crippen molar-refractivity contribution in [1.82, 2.24) is 4.72 Å². The van der Waals surface area contributed by atoms with Gasteiger partial charge < -0.3 is 4.74 Å². The lowest BCUT2D eigenvalue weighted by atomic mass is 10.1. The highest BCUT2D eigenvalue weighted by atomic mass is 32.2. The molecule has 0 aliphatic heterocycles. The fourth-order valence-corrected chi connectivity index (χ4v) is 3.73.